The molecule has 16 heavy (non-hydrogen) atoms. The van der Waals surface area contributed by atoms with Crippen LogP contribution in [-0.4, -0.2) is 19.0 Å². The molecule has 0 radical (unpaired) electrons. The van der Waals surface area contributed by atoms with Gasteiger partial charge >= 0.3 is 0 Å². The van der Waals surface area contributed by atoms with Crippen molar-refractivity contribution in [1.82, 2.24) is 0 Å². The molecule has 0 aliphatic heterocycles. The SMILES string of the molecule is COC(C(=O)Cc1ccccc1Cl)C1CC1. The number of ketones is 1. The van der Waals surface area contributed by atoms with Gasteiger partial charge < -0.3 is 4.74 Å². The highest BCUT2D eigenvalue weighted by atomic mass is 35.5. The summed E-state index contributed by atoms with van der Waals surface area (Å²) < 4.78 is 5.26. The quantitative estimate of drug-likeness (QED) is 0.789. The molecule has 1 atom stereocenters. The van der Waals surface area contributed by atoms with Crippen LogP contribution in [0.4, 0.5) is 0 Å². The van der Waals surface area contributed by atoms with Crippen molar-refractivity contribution in [2.75, 3.05) is 7.11 Å². The first-order chi connectivity index (χ1) is 7.72. The molecular weight excluding hydrogens is 224 g/mol. The zero-order valence-electron chi connectivity index (χ0n) is 9.28. The zero-order chi connectivity index (χ0) is 11.5. The molecule has 0 bridgehead atoms. The maximum atomic E-state index is 12.0. The molecule has 1 aromatic carbocycles. The van der Waals surface area contributed by atoms with Crippen LogP contribution in [0.1, 0.15) is 18.4 Å². The fraction of sp³-hybridized carbons (Fsp3) is 0.462. The van der Waals surface area contributed by atoms with Crippen molar-refractivity contribution in [1.29, 1.82) is 0 Å². The molecule has 1 aliphatic carbocycles. The topological polar surface area (TPSA) is 26.3 Å². The third-order valence-corrected chi connectivity index (χ3v) is 3.31. The Balaban J connectivity index is 2.03. The fourth-order valence-electron chi connectivity index (χ4n) is 1.92. The number of hydrogen-bond donors (Lipinski definition) is 0. The highest BCUT2D eigenvalue weighted by Crippen LogP contribution is 2.35. The lowest BCUT2D eigenvalue weighted by molar-refractivity contribution is -0.129. The van der Waals surface area contributed by atoms with Gasteiger partial charge in [0.1, 0.15) is 6.10 Å². The molecule has 1 saturated carbocycles. The number of carbonyl (C=O) groups excluding carboxylic acids is 1. The van der Waals surface area contributed by atoms with Crippen LogP contribution in [0.2, 0.25) is 5.02 Å². The molecular formula is C13H15ClO2. The van der Waals surface area contributed by atoms with E-state index < -0.39 is 0 Å². The van der Waals surface area contributed by atoms with Gasteiger partial charge in [-0.05, 0) is 30.4 Å². The molecule has 1 aliphatic rings. The van der Waals surface area contributed by atoms with Crippen molar-refractivity contribution in [2.24, 2.45) is 5.92 Å². The fourth-order valence-corrected chi connectivity index (χ4v) is 2.12. The Morgan fingerprint density at radius 2 is 2.19 bits per heavy atom. The highest BCUT2D eigenvalue weighted by molar-refractivity contribution is 6.31. The van der Waals surface area contributed by atoms with E-state index in [1.54, 1.807) is 7.11 Å². The van der Waals surface area contributed by atoms with Crippen molar-refractivity contribution < 1.29 is 9.53 Å². The Labute approximate surface area is 101 Å². The summed E-state index contributed by atoms with van der Waals surface area (Å²) in [5, 5.41) is 0.654. The summed E-state index contributed by atoms with van der Waals surface area (Å²) >= 11 is 6.02. The molecule has 2 nitrogen and oxygen atoms in total. The van der Waals surface area contributed by atoms with Gasteiger partial charge in [-0.15, -0.1) is 0 Å². The predicted octanol–water partition coefficient (Wildman–Crippen LogP) is 2.88. The minimum absolute atomic E-state index is 0.137. The molecule has 86 valence electrons. The highest BCUT2D eigenvalue weighted by Gasteiger charge is 2.35. The largest absolute Gasteiger partial charge is 0.373 e. The van der Waals surface area contributed by atoms with Gasteiger partial charge in [0.05, 0.1) is 0 Å². The van der Waals surface area contributed by atoms with E-state index >= 15 is 0 Å². The summed E-state index contributed by atoms with van der Waals surface area (Å²) in [5.74, 6) is 0.568. The van der Waals surface area contributed by atoms with E-state index in [0.717, 1.165) is 18.4 Å². The first-order valence-electron chi connectivity index (χ1n) is 5.51. The van der Waals surface area contributed by atoms with Crippen LogP contribution in [0.5, 0.6) is 0 Å². The van der Waals surface area contributed by atoms with E-state index in [0.29, 0.717) is 17.4 Å². The smallest absolute Gasteiger partial charge is 0.166 e. The Hall–Kier alpha value is -0.860. The van der Waals surface area contributed by atoms with Crippen molar-refractivity contribution >= 4 is 17.4 Å². The van der Waals surface area contributed by atoms with Gasteiger partial charge in [0.15, 0.2) is 5.78 Å². The first kappa shape index (κ1) is 11.6. The Morgan fingerprint density at radius 3 is 2.75 bits per heavy atom. The van der Waals surface area contributed by atoms with Crippen LogP contribution in [0.3, 0.4) is 0 Å². The molecule has 0 aromatic heterocycles. The monoisotopic (exact) mass is 238 g/mol. The Bertz CT molecular complexity index is 385. The maximum absolute atomic E-state index is 12.0. The second kappa shape index (κ2) is 4.98. The third-order valence-electron chi connectivity index (χ3n) is 2.94. The number of halogens is 1. The van der Waals surface area contributed by atoms with E-state index in [4.69, 9.17) is 16.3 Å². The summed E-state index contributed by atoms with van der Waals surface area (Å²) in [4.78, 5) is 12.0. The molecule has 2 rings (SSSR count). The second-order valence-electron chi connectivity index (χ2n) is 4.23. The minimum atomic E-state index is -0.240. The summed E-state index contributed by atoms with van der Waals surface area (Å²) in [6.45, 7) is 0. The van der Waals surface area contributed by atoms with E-state index in [2.05, 4.69) is 0 Å². The van der Waals surface area contributed by atoms with Gasteiger partial charge in [0.25, 0.3) is 0 Å². The summed E-state index contributed by atoms with van der Waals surface area (Å²) in [6, 6.07) is 7.46. The van der Waals surface area contributed by atoms with E-state index in [9.17, 15) is 4.79 Å². The molecule has 0 heterocycles. The predicted molar refractivity (Wildman–Crippen MR) is 63.7 cm³/mol. The summed E-state index contributed by atoms with van der Waals surface area (Å²) in [5.41, 5.74) is 0.886. The van der Waals surface area contributed by atoms with Crippen LogP contribution in [0.15, 0.2) is 24.3 Å². The van der Waals surface area contributed by atoms with Crippen molar-refractivity contribution in [3.63, 3.8) is 0 Å². The van der Waals surface area contributed by atoms with Crippen LogP contribution >= 0.6 is 11.6 Å². The van der Waals surface area contributed by atoms with Gasteiger partial charge in [-0.2, -0.15) is 0 Å². The normalized spacial score (nSPS) is 17.1. The first-order valence-corrected chi connectivity index (χ1v) is 5.89. The van der Waals surface area contributed by atoms with Crippen LogP contribution < -0.4 is 0 Å². The minimum Gasteiger partial charge on any atom is -0.373 e. The number of methoxy groups -OCH3 is 1. The Morgan fingerprint density at radius 1 is 1.50 bits per heavy atom. The molecule has 0 N–H and O–H groups in total. The lowest BCUT2D eigenvalue weighted by Gasteiger charge is -2.13. The molecule has 1 unspecified atom stereocenters. The summed E-state index contributed by atoms with van der Waals surface area (Å²) in [7, 11) is 1.60. The number of Topliss-reactive ketones (excluding diaryl/α,β-unsaturated/α-hetero) is 1. The van der Waals surface area contributed by atoms with Crippen molar-refractivity contribution in [3.8, 4) is 0 Å². The number of ether oxygens (including phenoxy) is 1. The van der Waals surface area contributed by atoms with Gasteiger partial charge in [0.2, 0.25) is 0 Å². The van der Waals surface area contributed by atoms with E-state index in [-0.39, 0.29) is 11.9 Å². The number of hydrogen-bond acceptors (Lipinski definition) is 2. The standard InChI is InChI=1S/C13H15ClO2/c1-16-13(9-6-7-9)12(15)8-10-4-2-3-5-11(10)14/h2-5,9,13H,6-8H2,1H3. The molecule has 1 fully saturated rings. The zero-order valence-corrected chi connectivity index (χ0v) is 10.0. The van der Waals surface area contributed by atoms with Gasteiger partial charge in [-0.3, -0.25) is 4.79 Å². The Kier molecular flexibility index (Phi) is 3.62. The van der Waals surface area contributed by atoms with Crippen molar-refractivity contribution in [3.05, 3.63) is 34.9 Å². The van der Waals surface area contributed by atoms with Crippen LogP contribution in [-0.2, 0) is 16.0 Å². The second-order valence-corrected chi connectivity index (χ2v) is 4.64. The van der Waals surface area contributed by atoms with Gasteiger partial charge in [0, 0.05) is 18.6 Å². The van der Waals surface area contributed by atoms with Crippen LogP contribution in [0.25, 0.3) is 0 Å². The number of rotatable bonds is 5. The van der Waals surface area contributed by atoms with Gasteiger partial charge in [-0.1, -0.05) is 29.8 Å². The van der Waals surface area contributed by atoms with Crippen molar-refractivity contribution in [2.45, 2.75) is 25.4 Å². The number of benzene rings is 1. The molecule has 0 amide bonds. The van der Waals surface area contributed by atoms with E-state index in [1.807, 2.05) is 24.3 Å². The molecule has 0 saturated heterocycles. The molecule has 3 heteroatoms. The maximum Gasteiger partial charge on any atom is 0.166 e. The molecule has 1 aromatic rings. The van der Waals surface area contributed by atoms with Crippen LogP contribution in [0, 0.1) is 5.92 Å². The lowest BCUT2D eigenvalue weighted by atomic mass is 10.0. The van der Waals surface area contributed by atoms with Gasteiger partial charge in [-0.25, -0.2) is 0 Å². The third kappa shape index (κ3) is 2.63. The molecule has 0 spiro atoms. The lowest BCUT2D eigenvalue weighted by Crippen LogP contribution is -2.26. The van der Waals surface area contributed by atoms with E-state index in [1.165, 1.54) is 0 Å². The average Bonchev–Trinajstić information content (AvgIpc) is 3.07. The average molecular weight is 239 g/mol. The number of carbonyl (C=O) groups is 1. The summed E-state index contributed by atoms with van der Waals surface area (Å²) in [6.07, 6.45) is 2.34.